The van der Waals surface area contributed by atoms with E-state index in [2.05, 4.69) is 31.2 Å². The van der Waals surface area contributed by atoms with Gasteiger partial charge in [-0.15, -0.1) is 0 Å². The maximum Gasteiger partial charge on any atom is 0.376 e. The highest BCUT2D eigenvalue weighted by Crippen LogP contribution is 2.44. The van der Waals surface area contributed by atoms with Crippen molar-refractivity contribution in [1.82, 2.24) is 0 Å². The monoisotopic (exact) mass is 412 g/mol. The van der Waals surface area contributed by atoms with Crippen LogP contribution in [0.1, 0.15) is 104 Å². The molecular formula is C24H47NO2P+. The molecule has 0 N–H and O–H groups in total. The van der Waals surface area contributed by atoms with E-state index in [1.165, 1.54) is 51.4 Å². The van der Waals surface area contributed by atoms with Gasteiger partial charge in [0.1, 0.15) is 0 Å². The zero-order valence-corrected chi connectivity index (χ0v) is 20.3. The Hall–Kier alpha value is -0.500. The van der Waals surface area contributed by atoms with E-state index in [0.717, 1.165) is 32.1 Å². The van der Waals surface area contributed by atoms with Crippen molar-refractivity contribution < 1.29 is 13.9 Å². The Kier molecular flexibility index (Phi) is 16.0. The standard InChI is InChI=1S/C24H47NO2P/c1-6-8-9-10-11-12-13-14-15-16-17-18-19-20-21-22-23-24(7-2,28(26)27)25(3,4)5/h12-13,18-19H,6-11,14-17,20-23H2,1-5H3/q+1/b13-12-,19-18-. The Morgan fingerprint density at radius 1 is 0.750 bits per heavy atom. The maximum atomic E-state index is 11.9. The fourth-order valence-corrected chi connectivity index (χ4v) is 4.90. The van der Waals surface area contributed by atoms with Gasteiger partial charge >= 0.3 is 8.03 Å². The summed E-state index contributed by atoms with van der Waals surface area (Å²) < 4.78 is 12.4. The lowest BCUT2D eigenvalue weighted by Gasteiger charge is -2.39. The SMILES string of the molecule is CCCCCC/C=C\CCCC/C=C\CCCCC(CC)([P+](=O)[O-])[N+](C)(C)C. The highest BCUT2D eigenvalue weighted by molar-refractivity contribution is 7.38. The molecule has 164 valence electrons. The molecule has 2 atom stereocenters. The molecule has 0 aliphatic carbocycles. The zero-order valence-electron chi connectivity index (χ0n) is 19.4. The molecule has 0 amide bonds. The van der Waals surface area contributed by atoms with Crippen molar-refractivity contribution in [3.63, 3.8) is 0 Å². The summed E-state index contributed by atoms with van der Waals surface area (Å²) in [5, 5.41) is -0.622. The van der Waals surface area contributed by atoms with Gasteiger partial charge in [0.2, 0.25) is 0 Å². The van der Waals surface area contributed by atoms with Crippen LogP contribution in [-0.4, -0.2) is 30.9 Å². The van der Waals surface area contributed by atoms with Crippen LogP contribution in [0.25, 0.3) is 0 Å². The second kappa shape index (κ2) is 16.3. The summed E-state index contributed by atoms with van der Waals surface area (Å²) >= 11 is 0. The number of unbranched alkanes of at least 4 members (excludes halogenated alkanes) is 9. The van der Waals surface area contributed by atoms with Crippen LogP contribution in [0.15, 0.2) is 24.3 Å². The molecule has 0 aliphatic rings. The smallest absolute Gasteiger partial charge is 0.376 e. The Bertz CT molecular complexity index is 454. The Labute approximate surface area is 176 Å². The van der Waals surface area contributed by atoms with Crippen molar-refractivity contribution in [3.8, 4) is 0 Å². The third kappa shape index (κ3) is 11.5. The van der Waals surface area contributed by atoms with Gasteiger partial charge in [-0.3, -0.25) is 4.48 Å². The number of nitrogens with zero attached hydrogens (tertiary/aromatic N) is 1. The highest BCUT2D eigenvalue weighted by atomic mass is 31.1. The summed E-state index contributed by atoms with van der Waals surface area (Å²) in [5.74, 6) is 0. The van der Waals surface area contributed by atoms with Crippen molar-refractivity contribution in [2.45, 2.75) is 109 Å². The van der Waals surface area contributed by atoms with Gasteiger partial charge in [-0.25, -0.2) is 0 Å². The Morgan fingerprint density at radius 2 is 1.18 bits per heavy atom. The minimum Gasteiger partial charge on any atom is -0.590 e. The normalized spacial score (nSPS) is 15.4. The number of quaternary nitrogens is 1. The first-order chi connectivity index (χ1) is 13.3. The molecule has 0 spiro atoms. The number of allylic oxidation sites excluding steroid dienone is 4. The van der Waals surface area contributed by atoms with Gasteiger partial charge in [0.25, 0.3) is 5.28 Å². The minimum absolute atomic E-state index is 0.491. The molecular weight excluding hydrogens is 365 g/mol. The molecule has 0 heterocycles. The second-order valence-electron chi connectivity index (χ2n) is 8.93. The van der Waals surface area contributed by atoms with Gasteiger partial charge in [-0.2, -0.15) is 0 Å². The van der Waals surface area contributed by atoms with Gasteiger partial charge in [-0.1, -0.05) is 62.0 Å². The molecule has 0 fully saturated rings. The van der Waals surface area contributed by atoms with Gasteiger partial charge < -0.3 is 4.89 Å². The quantitative estimate of drug-likeness (QED) is 0.104. The molecule has 0 aromatic rings. The van der Waals surface area contributed by atoms with Crippen LogP contribution in [0.5, 0.6) is 0 Å². The number of hydrogen-bond donors (Lipinski definition) is 0. The van der Waals surface area contributed by atoms with E-state index in [0.29, 0.717) is 10.9 Å². The van der Waals surface area contributed by atoms with Gasteiger partial charge in [-0.05, 0) is 57.8 Å². The van der Waals surface area contributed by atoms with E-state index in [9.17, 15) is 9.46 Å². The van der Waals surface area contributed by atoms with Crippen LogP contribution in [-0.2, 0) is 4.57 Å². The fourth-order valence-electron chi connectivity index (χ4n) is 3.81. The molecule has 0 aromatic carbocycles. The lowest BCUT2D eigenvalue weighted by molar-refractivity contribution is -0.910. The molecule has 2 unspecified atom stereocenters. The predicted molar refractivity (Wildman–Crippen MR) is 123 cm³/mol. The first kappa shape index (κ1) is 27.5. The number of hydrogen-bond acceptors (Lipinski definition) is 2. The van der Waals surface area contributed by atoms with Crippen LogP contribution >= 0.6 is 8.03 Å². The maximum absolute atomic E-state index is 11.9. The highest BCUT2D eigenvalue weighted by Gasteiger charge is 2.52. The molecule has 28 heavy (non-hydrogen) atoms. The molecule has 0 radical (unpaired) electrons. The second-order valence-corrected chi connectivity index (χ2v) is 10.3. The lowest BCUT2D eigenvalue weighted by Crippen LogP contribution is -2.55. The summed E-state index contributed by atoms with van der Waals surface area (Å²) in [6, 6.07) is 0. The summed E-state index contributed by atoms with van der Waals surface area (Å²) in [6.07, 6.45) is 25.4. The summed E-state index contributed by atoms with van der Waals surface area (Å²) in [6.45, 7) is 4.25. The van der Waals surface area contributed by atoms with Crippen molar-refractivity contribution in [1.29, 1.82) is 0 Å². The van der Waals surface area contributed by atoms with Gasteiger partial charge in [0.05, 0.1) is 21.1 Å². The average Bonchev–Trinajstić information content (AvgIpc) is 2.63. The topological polar surface area (TPSA) is 40.1 Å². The average molecular weight is 413 g/mol. The van der Waals surface area contributed by atoms with E-state index < -0.39 is 13.3 Å². The van der Waals surface area contributed by atoms with E-state index in [1.807, 2.05) is 28.1 Å². The zero-order chi connectivity index (χ0) is 21.3. The lowest BCUT2D eigenvalue weighted by atomic mass is 10.0. The number of rotatable bonds is 18. The van der Waals surface area contributed by atoms with Crippen LogP contribution in [0.3, 0.4) is 0 Å². The van der Waals surface area contributed by atoms with Gasteiger partial charge in [0.15, 0.2) is 0 Å². The van der Waals surface area contributed by atoms with Crippen LogP contribution in [0, 0.1) is 0 Å². The first-order valence-electron chi connectivity index (χ1n) is 11.6. The first-order valence-corrected chi connectivity index (χ1v) is 12.8. The van der Waals surface area contributed by atoms with Crippen molar-refractivity contribution in [2.24, 2.45) is 0 Å². The fraction of sp³-hybridized carbons (Fsp3) is 0.833. The van der Waals surface area contributed by atoms with Gasteiger partial charge in [0, 0.05) is 12.8 Å². The predicted octanol–water partition coefficient (Wildman–Crippen LogP) is 7.11. The Balaban J connectivity index is 3.78. The van der Waals surface area contributed by atoms with E-state index >= 15 is 0 Å². The molecule has 0 bridgehead atoms. The molecule has 4 heteroatoms. The van der Waals surface area contributed by atoms with E-state index in [4.69, 9.17) is 0 Å². The van der Waals surface area contributed by atoms with Crippen molar-refractivity contribution in [2.75, 3.05) is 21.1 Å². The van der Waals surface area contributed by atoms with Crippen LogP contribution < -0.4 is 4.89 Å². The summed E-state index contributed by atoms with van der Waals surface area (Å²) in [7, 11) is 3.56. The van der Waals surface area contributed by atoms with Crippen molar-refractivity contribution in [3.05, 3.63) is 24.3 Å². The molecule has 0 saturated heterocycles. The third-order valence-electron chi connectivity index (χ3n) is 5.90. The Morgan fingerprint density at radius 3 is 1.54 bits per heavy atom. The summed E-state index contributed by atoms with van der Waals surface area (Å²) in [5.41, 5.74) is 0. The van der Waals surface area contributed by atoms with E-state index in [1.54, 1.807) is 0 Å². The van der Waals surface area contributed by atoms with Crippen LogP contribution in [0.2, 0.25) is 0 Å². The van der Waals surface area contributed by atoms with Crippen LogP contribution in [0.4, 0.5) is 0 Å². The summed E-state index contributed by atoms with van der Waals surface area (Å²) in [4.78, 5) is 11.9. The van der Waals surface area contributed by atoms with Crippen molar-refractivity contribution >= 4 is 8.03 Å². The minimum atomic E-state index is -2.43. The molecule has 0 aromatic heterocycles. The largest absolute Gasteiger partial charge is 0.590 e. The molecule has 3 nitrogen and oxygen atoms in total. The third-order valence-corrected chi connectivity index (χ3v) is 7.72. The van der Waals surface area contributed by atoms with E-state index in [-0.39, 0.29) is 0 Å². The molecule has 0 rings (SSSR count). The molecule has 0 aliphatic heterocycles. The molecule has 0 saturated carbocycles.